The Morgan fingerprint density at radius 2 is 2.56 bits per heavy atom. The molecule has 1 fully saturated rings. The molecule has 1 unspecified atom stereocenters. The van der Waals surface area contributed by atoms with E-state index in [4.69, 9.17) is 4.74 Å². The van der Waals surface area contributed by atoms with Gasteiger partial charge in [-0.15, -0.1) is 0 Å². The summed E-state index contributed by atoms with van der Waals surface area (Å²) in [5, 5.41) is 7.68. The van der Waals surface area contributed by atoms with Crippen LogP contribution in [0.25, 0.3) is 0 Å². The molecule has 5 heteroatoms. The van der Waals surface area contributed by atoms with Crippen LogP contribution in [0.2, 0.25) is 0 Å². The number of rotatable bonds is 4. The fourth-order valence-electron chi connectivity index (χ4n) is 2.30. The van der Waals surface area contributed by atoms with Gasteiger partial charge in [-0.05, 0) is 28.8 Å². The molecule has 18 heavy (non-hydrogen) atoms. The van der Waals surface area contributed by atoms with Crippen molar-refractivity contribution in [2.45, 2.75) is 13.0 Å². The summed E-state index contributed by atoms with van der Waals surface area (Å²) in [7, 11) is 3.62. The number of nitrogens with zero attached hydrogens (tertiary/aromatic N) is 2. The molecular weight excluding hydrogens is 246 g/mol. The Kier molecular flexibility index (Phi) is 5.01. The lowest BCUT2D eigenvalue weighted by Gasteiger charge is -2.21. The molecule has 100 valence electrons. The normalized spacial score (nSPS) is 20.4. The van der Waals surface area contributed by atoms with Gasteiger partial charge in [-0.2, -0.15) is 11.3 Å². The molecule has 2 rings (SSSR count). The Balaban J connectivity index is 1.82. The highest BCUT2D eigenvalue weighted by Gasteiger charge is 2.24. The molecule has 0 saturated carbocycles. The SMILES string of the molecule is CN=C(NCc1ccsc1)N1CCC(COC)C1. The first-order valence-electron chi connectivity index (χ1n) is 6.29. The van der Waals surface area contributed by atoms with Crippen LogP contribution in [0.3, 0.4) is 0 Å². The molecule has 1 aromatic heterocycles. The Bertz CT molecular complexity index is 378. The fraction of sp³-hybridized carbons (Fsp3) is 0.615. The van der Waals surface area contributed by atoms with Crippen molar-refractivity contribution in [1.29, 1.82) is 0 Å². The maximum absolute atomic E-state index is 5.22. The minimum absolute atomic E-state index is 0.634. The van der Waals surface area contributed by atoms with Gasteiger partial charge in [-0.25, -0.2) is 0 Å². The van der Waals surface area contributed by atoms with Gasteiger partial charge in [0, 0.05) is 39.7 Å². The van der Waals surface area contributed by atoms with E-state index in [1.165, 1.54) is 12.0 Å². The first-order chi connectivity index (χ1) is 8.83. The van der Waals surface area contributed by atoms with E-state index in [1.54, 1.807) is 18.4 Å². The van der Waals surface area contributed by atoms with Crippen molar-refractivity contribution < 1.29 is 4.74 Å². The summed E-state index contributed by atoms with van der Waals surface area (Å²) < 4.78 is 5.22. The molecule has 4 nitrogen and oxygen atoms in total. The largest absolute Gasteiger partial charge is 0.384 e. The minimum Gasteiger partial charge on any atom is -0.384 e. The van der Waals surface area contributed by atoms with E-state index in [0.717, 1.165) is 32.2 Å². The van der Waals surface area contributed by atoms with E-state index in [0.29, 0.717) is 5.92 Å². The van der Waals surface area contributed by atoms with E-state index in [2.05, 4.69) is 32.0 Å². The molecule has 1 saturated heterocycles. The first-order valence-corrected chi connectivity index (χ1v) is 7.23. The zero-order valence-corrected chi connectivity index (χ0v) is 11.9. The Morgan fingerprint density at radius 1 is 1.67 bits per heavy atom. The van der Waals surface area contributed by atoms with Crippen molar-refractivity contribution in [2.75, 3.05) is 33.9 Å². The monoisotopic (exact) mass is 267 g/mol. The molecular formula is C13H21N3OS. The van der Waals surface area contributed by atoms with Crippen LogP contribution in [0.5, 0.6) is 0 Å². The summed E-state index contributed by atoms with van der Waals surface area (Å²) in [6.07, 6.45) is 1.19. The lowest BCUT2D eigenvalue weighted by Crippen LogP contribution is -2.39. The number of nitrogens with one attached hydrogen (secondary N) is 1. The maximum atomic E-state index is 5.22. The predicted molar refractivity (Wildman–Crippen MR) is 76.1 cm³/mol. The molecule has 1 atom stereocenters. The van der Waals surface area contributed by atoms with Crippen LogP contribution in [0.1, 0.15) is 12.0 Å². The van der Waals surface area contributed by atoms with Gasteiger partial charge in [0.2, 0.25) is 0 Å². The van der Waals surface area contributed by atoms with Gasteiger partial charge in [-0.1, -0.05) is 0 Å². The molecule has 1 aromatic rings. The molecule has 1 aliphatic rings. The number of likely N-dealkylation sites (tertiary alicyclic amines) is 1. The smallest absolute Gasteiger partial charge is 0.193 e. The number of aliphatic imine (C=N–C) groups is 1. The highest BCUT2D eigenvalue weighted by atomic mass is 32.1. The maximum Gasteiger partial charge on any atom is 0.193 e. The highest BCUT2D eigenvalue weighted by Crippen LogP contribution is 2.16. The fourth-order valence-corrected chi connectivity index (χ4v) is 2.97. The third-order valence-electron chi connectivity index (χ3n) is 3.23. The summed E-state index contributed by atoms with van der Waals surface area (Å²) in [4.78, 5) is 6.67. The average Bonchev–Trinajstić information content (AvgIpc) is 3.02. The molecule has 1 aliphatic heterocycles. The Morgan fingerprint density at radius 3 is 3.22 bits per heavy atom. The molecule has 1 N–H and O–H groups in total. The van der Waals surface area contributed by atoms with E-state index >= 15 is 0 Å². The summed E-state index contributed by atoms with van der Waals surface area (Å²) in [5.41, 5.74) is 1.31. The predicted octanol–water partition coefficient (Wildman–Crippen LogP) is 1.79. The molecule has 0 aliphatic carbocycles. The Hall–Kier alpha value is -1.07. The second kappa shape index (κ2) is 6.75. The number of ether oxygens (including phenoxy) is 1. The molecule has 0 radical (unpaired) electrons. The van der Waals surface area contributed by atoms with E-state index in [-0.39, 0.29) is 0 Å². The van der Waals surface area contributed by atoms with Gasteiger partial charge < -0.3 is 15.0 Å². The summed E-state index contributed by atoms with van der Waals surface area (Å²) in [5.74, 6) is 1.63. The topological polar surface area (TPSA) is 36.9 Å². The molecule has 2 heterocycles. The van der Waals surface area contributed by atoms with Gasteiger partial charge in [0.25, 0.3) is 0 Å². The van der Waals surface area contributed by atoms with Crippen molar-refractivity contribution in [2.24, 2.45) is 10.9 Å². The quantitative estimate of drug-likeness (QED) is 0.667. The molecule has 0 aromatic carbocycles. The van der Waals surface area contributed by atoms with Crippen LogP contribution in [-0.4, -0.2) is 44.7 Å². The van der Waals surface area contributed by atoms with Gasteiger partial charge in [0.05, 0.1) is 6.61 Å². The van der Waals surface area contributed by atoms with Gasteiger partial charge in [-0.3, -0.25) is 4.99 Å². The van der Waals surface area contributed by atoms with Crippen LogP contribution in [-0.2, 0) is 11.3 Å². The summed E-state index contributed by atoms with van der Waals surface area (Å²) >= 11 is 1.73. The summed E-state index contributed by atoms with van der Waals surface area (Å²) in [6, 6.07) is 2.14. The van der Waals surface area contributed by atoms with Gasteiger partial charge >= 0.3 is 0 Å². The Labute approximate surface area is 113 Å². The third-order valence-corrected chi connectivity index (χ3v) is 3.96. The van der Waals surface area contributed by atoms with Gasteiger partial charge in [0.1, 0.15) is 0 Å². The van der Waals surface area contributed by atoms with Crippen molar-refractivity contribution in [3.05, 3.63) is 22.4 Å². The van der Waals surface area contributed by atoms with Crippen LogP contribution in [0.4, 0.5) is 0 Å². The van der Waals surface area contributed by atoms with Crippen LogP contribution in [0.15, 0.2) is 21.8 Å². The first kappa shape index (κ1) is 13.4. The zero-order valence-electron chi connectivity index (χ0n) is 11.1. The van der Waals surface area contributed by atoms with Crippen molar-refractivity contribution >= 4 is 17.3 Å². The van der Waals surface area contributed by atoms with E-state index in [1.807, 2.05) is 7.05 Å². The number of guanidine groups is 1. The molecule has 0 amide bonds. The standard InChI is InChI=1S/C13H21N3OS/c1-14-13(15-7-11-4-6-18-10-11)16-5-3-12(8-16)9-17-2/h4,6,10,12H,3,5,7-9H2,1-2H3,(H,14,15). The lowest BCUT2D eigenvalue weighted by molar-refractivity contribution is 0.157. The van der Waals surface area contributed by atoms with Crippen LogP contribution >= 0.6 is 11.3 Å². The minimum atomic E-state index is 0.634. The third kappa shape index (κ3) is 3.46. The summed E-state index contributed by atoms with van der Waals surface area (Å²) in [6.45, 7) is 3.80. The second-order valence-corrected chi connectivity index (χ2v) is 5.37. The van der Waals surface area contributed by atoms with Crippen LogP contribution in [0, 0.1) is 5.92 Å². The average molecular weight is 267 g/mol. The number of thiophene rings is 1. The molecule has 0 spiro atoms. The van der Waals surface area contributed by atoms with Crippen molar-refractivity contribution in [3.8, 4) is 0 Å². The second-order valence-electron chi connectivity index (χ2n) is 4.59. The zero-order chi connectivity index (χ0) is 12.8. The van der Waals surface area contributed by atoms with Crippen LogP contribution < -0.4 is 5.32 Å². The van der Waals surface area contributed by atoms with E-state index < -0.39 is 0 Å². The van der Waals surface area contributed by atoms with Gasteiger partial charge in [0.15, 0.2) is 5.96 Å². The lowest BCUT2D eigenvalue weighted by atomic mass is 10.1. The van der Waals surface area contributed by atoms with Crippen molar-refractivity contribution in [1.82, 2.24) is 10.2 Å². The van der Waals surface area contributed by atoms with Crippen molar-refractivity contribution in [3.63, 3.8) is 0 Å². The number of methoxy groups -OCH3 is 1. The number of hydrogen-bond donors (Lipinski definition) is 1. The van der Waals surface area contributed by atoms with E-state index in [9.17, 15) is 0 Å². The highest BCUT2D eigenvalue weighted by molar-refractivity contribution is 7.07. The molecule has 0 bridgehead atoms. The number of hydrogen-bond acceptors (Lipinski definition) is 3.